The molecule has 1 fully saturated rings. The molecule has 1 heterocycles. The molecular weight excluding hydrogens is 240 g/mol. The molecule has 1 aromatic carbocycles. The van der Waals surface area contributed by atoms with E-state index in [1.165, 1.54) is 5.56 Å². The minimum absolute atomic E-state index is 0.0747. The summed E-state index contributed by atoms with van der Waals surface area (Å²) >= 11 is 0. The Morgan fingerprint density at radius 3 is 2.89 bits per heavy atom. The summed E-state index contributed by atoms with van der Waals surface area (Å²) in [6.45, 7) is 5.83. The maximum absolute atomic E-state index is 11.8. The second-order valence-corrected chi connectivity index (χ2v) is 5.34. The van der Waals surface area contributed by atoms with Crippen LogP contribution < -0.4 is 10.1 Å². The van der Waals surface area contributed by atoms with Crippen LogP contribution in [0.2, 0.25) is 0 Å². The molecule has 2 rings (SSSR count). The van der Waals surface area contributed by atoms with Gasteiger partial charge in [-0.15, -0.1) is 0 Å². The van der Waals surface area contributed by atoms with Crippen LogP contribution in [0.5, 0.6) is 5.75 Å². The maximum atomic E-state index is 11.8. The third-order valence-electron chi connectivity index (χ3n) is 3.27. The van der Waals surface area contributed by atoms with Gasteiger partial charge in [-0.3, -0.25) is 4.79 Å². The van der Waals surface area contributed by atoms with Gasteiger partial charge in [-0.05, 0) is 17.7 Å². The molecule has 1 unspecified atom stereocenters. The predicted octanol–water partition coefficient (Wildman–Crippen LogP) is 1.79. The molecule has 1 atom stereocenters. The van der Waals surface area contributed by atoms with E-state index in [0.717, 1.165) is 25.3 Å². The molecule has 1 aliphatic rings. The van der Waals surface area contributed by atoms with Gasteiger partial charge in [-0.2, -0.15) is 0 Å². The van der Waals surface area contributed by atoms with Gasteiger partial charge in [0.25, 0.3) is 5.91 Å². The number of carbonyl (C=O) groups excluding carboxylic acids is 1. The van der Waals surface area contributed by atoms with Gasteiger partial charge in [0.1, 0.15) is 5.75 Å². The summed E-state index contributed by atoms with van der Waals surface area (Å²) in [4.78, 5) is 13.5. The topological polar surface area (TPSA) is 41.6 Å². The van der Waals surface area contributed by atoms with Crippen LogP contribution in [-0.4, -0.2) is 36.5 Å². The Labute approximate surface area is 114 Å². The first-order chi connectivity index (χ1) is 9.06. The van der Waals surface area contributed by atoms with Gasteiger partial charge in [0.05, 0.1) is 0 Å². The van der Waals surface area contributed by atoms with E-state index in [1.807, 2.05) is 25.2 Å². The molecule has 19 heavy (non-hydrogen) atoms. The summed E-state index contributed by atoms with van der Waals surface area (Å²) in [5.41, 5.74) is 1.17. The minimum atomic E-state index is -0.321. The predicted molar refractivity (Wildman–Crippen MR) is 75.1 cm³/mol. The van der Waals surface area contributed by atoms with Crippen LogP contribution in [0.25, 0.3) is 0 Å². The minimum Gasteiger partial charge on any atom is -0.481 e. The molecule has 1 aliphatic heterocycles. The summed E-state index contributed by atoms with van der Waals surface area (Å²) in [7, 11) is 1.81. The average Bonchev–Trinajstić information content (AvgIpc) is 2.69. The van der Waals surface area contributed by atoms with Gasteiger partial charge in [-0.1, -0.05) is 26.0 Å². The normalized spacial score (nSPS) is 19.3. The van der Waals surface area contributed by atoms with E-state index in [-0.39, 0.29) is 12.0 Å². The fourth-order valence-corrected chi connectivity index (χ4v) is 2.11. The van der Waals surface area contributed by atoms with E-state index in [2.05, 4.69) is 25.2 Å². The Balaban J connectivity index is 1.97. The summed E-state index contributed by atoms with van der Waals surface area (Å²) in [6, 6.07) is 8.39. The molecule has 0 bridgehead atoms. The number of carbonyl (C=O) groups is 1. The zero-order chi connectivity index (χ0) is 13.8. The third-order valence-corrected chi connectivity index (χ3v) is 3.27. The fraction of sp³-hybridized carbons (Fsp3) is 0.533. The molecule has 1 saturated heterocycles. The van der Waals surface area contributed by atoms with Crippen molar-refractivity contribution in [3.05, 3.63) is 29.8 Å². The highest BCUT2D eigenvalue weighted by Crippen LogP contribution is 2.19. The number of likely N-dealkylation sites (tertiary alicyclic amines) is 1. The van der Waals surface area contributed by atoms with Crippen LogP contribution in [0, 0.1) is 0 Å². The number of nitrogens with one attached hydrogen (secondary N) is 1. The van der Waals surface area contributed by atoms with Crippen molar-refractivity contribution in [2.45, 2.75) is 39.0 Å². The average molecular weight is 262 g/mol. The van der Waals surface area contributed by atoms with Crippen molar-refractivity contribution in [2.75, 3.05) is 13.6 Å². The Morgan fingerprint density at radius 1 is 1.47 bits per heavy atom. The van der Waals surface area contributed by atoms with Gasteiger partial charge in [0.15, 0.2) is 6.10 Å². The Hall–Kier alpha value is -1.55. The van der Waals surface area contributed by atoms with Crippen molar-refractivity contribution in [3.8, 4) is 5.75 Å². The molecule has 0 spiro atoms. The van der Waals surface area contributed by atoms with Crippen molar-refractivity contribution in [1.29, 1.82) is 0 Å². The summed E-state index contributed by atoms with van der Waals surface area (Å²) in [5, 5.41) is 3.37. The quantitative estimate of drug-likeness (QED) is 0.879. The van der Waals surface area contributed by atoms with Crippen LogP contribution in [-0.2, 0) is 11.3 Å². The highest BCUT2D eigenvalue weighted by molar-refractivity contribution is 5.83. The van der Waals surface area contributed by atoms with E-state index in [9.17, 15) is 4.79 Å². The van der Waals surface area contributed by atoms with Gasteiger partial charge in [0.2, 0.25) is 0 Å². The van der Waals surface area contributed by atoms with Crippen molar-refractivity contribution < 1.29 is 9.53 Å². The summed E-state index contributed by atoms with van der Waals surface area (Å²) in [6.07, 6.45) is 0.447. The number of hydrogen-bond acceptors (Lipinski definition) is 3. The Bertz CT molecular complexity index is 446. The van der Waals surface area contributed by atoms with E-state index in [0.29, 0.717) is 6.04 Å². The highest BCUT2D eigenvalue weighted by Gasteiger charge is 2.30. The first-order valence-corrected chi connectivity index (χ1v) is 6.80. The zero-order valence-corrected chi connectivity index (χ0v) is 11.8. The number of likely N-dealkylation sites (N-methyl/N-ethyl adjacent to an activating group) is 1. The van der Waals surface area contributed by atoms with E-state index < -0.39 is 0 Å². The molecule has 1 amide bonds. The number of rotatable bonds is 5. The van der Waals surface area contributed by atoms with Gasteiger partial charge in [-0.25, -0.2) is 0 Å². The number of nitrogens with zero attached hydrogens (tertiary/aromatic N) is 1. The van der Waals surface area contributed by atoms with Crippen molar-refractivity contribution in [1.82, 2.24) is 10.2 Å². The first kappa shape index (κ1) is 13.9. The molecule has 4 nitrogen and oxygen atoms in total. The molecular formula is C15H22N2O2. The van der Waals surface area contributed by atoms with E-state index >= 15 is 0 Å². The molecule has 0 saturated carbocycles. The lowest BCUT2D eigenvalue weighted by Crippen LogP contribution is -2.29. The number of benzene rings is 1. The van der Waals surface area contributed by atoms with Crippen molar-refractivity contribution in [2.24, 2.45) is 0 Å². The fourth-order valence-electron chi connectivity index (χ4n) is 2.11. The Kier molecular flexibility index (Phi) is 4.43. The highest BCUT2D eigenvalue weighted by atomic mass is 16.5. The van der Waals surface area contributed by atoms with Crippen LogP contribution >= 0.6 is 0 Å². The number of ether oxygens (including phenoxy) is 1. The zero-order valence-electron chi connectivity index (χ0n) is 11.8. The summed E-state index contributed by atoms with van der Waals surface area (Å²) in [5.74, 6) is 0.849. The van der Waals surface area contributed by atoms with Crippen molar-refractivity contribution >= 4 is 5.91 Å². The summed E-state index contributed by atoms with van der Waals surface area (Å²) < 4.78 is 5.79. The molecule has 104 valence electrons. The second kappa shape index (κ2) is 6.06. The van der Waals surface area contributed by atoms with E-state index in [1.54, 1.807) is 4.90 Å². The first-order valence-electron chi connectivity index (χ1n) is 6.80. The van der Waals surface area contributed by atoms with E-state index in [4.69, 9.17) is 4.74 Å². The third kappa shape index (κ3) is 3.70. The lowest BCUT2D eigenvalue weighted by atomic mass is 10.2. The standard InChI is InChI=1S/C15H22N2O2/c1-11(2)16-10-12-5-4-6-13(9-12)19-14-7-8-17(3)15(14)18/h4-6,9,11,14,16H,7-8,10H2,1-3H3. The lowest BCUT2D eigenvalue weighted by Gasteiger charge is -2.14. The molecule has 1 aromatic rings. The van der Waals surface area contributed by atoms with Crippen LogP contribution in [0.15, 0.2) is 24.3 Å². The molecule has 1 N–H and O–H groups in total. The molecule has 0 aliphatic carbocycles. The SMILES string of the molecule is CC(C)NCc1cccc(OC2CCN(C)C2=O)c1. The van der Waals surface area contributed by atoms with Crippen LogP contribution in [0.4, 0.5) is 0 Å². The van der Waals surface area contributed by atoms with Crippen molar-refractivity contribution in [3.63, 3.8) is 0 Å². The van der Waals surface area contributed by atoms with Crippen LogP contribution in [0.1, 0.15) is 25.8 Å². The lowest BCUT2D eigenvalue weighted by molar-refractivity contribution is -0.132. The van der Waals surface area contributed by atoms with Gasteiger partial charge in [0, 0.05) is 32.6 Å². The molecule has 0 aromatic heterocycles. The molecule has 0 radical (unpaired) electrons. The smallest absolute Gasteiger partial charge is 0.263 e. The number of hydrogen-bond donors (Lipinski definition) is 1. The second-order valence-electron chi connectivity index (χ2n) is 5.34. The van der Waals surface area contributed by atoms with Gasteiger partial charge < -0.3 is 15.0 Å². The van der Waals surface area contributed by atoms with Crippen LogP contribution in [0.3, 0.4) is 0 Å². The largest absolute Gasteiger partial charge is 0.481 e. The maximum Gasteiger partial charge on any atom is 0.263 e. The van der Waals surface area contributed by atoms with Gasteiger partial charge >= 0.3 is 0 Å². The Morgan fingerprint density at radius 2 is 2.26 bits per heavy atom. The molecule has 4 heteroatoms. The monoisotopic (exact) mass is 262 g/mol. The number of amides is 1.